The van der Waals surface area contributed by atoms with Gasteiger partial charge in [-0.1, -0.05) is 24.3 Å². The fourth-order valence-electron chi connectivity index (χ4n) is 3.27. The van der Waals surface area contributed by atoms with E-state index in [0.29, 0.717) is 12.5 Å². The minimum Gasteiger partial charge on any atom is -0.381 e. The van der Waals surface area contributed by atoms with Gasteiger partial charge in [0.1, 0.15) is 0 Å². The molecule has 7 heteroatoms. The van der Waals surface area contributed by atoms with Gasteiger partial charge in [-0.2, -0.15) is 5.10 Å². The molecule has 1 aliphatic heterocycles. The summed E-state index contributed by atoms with van der Waals surface area (Å²) in [5.41, 5.74) is 2.41. The smallest absolute Gasteiger partial charge is 0.191 e. The third kappa shape index (κ3) is 7.87. The van der Waals surface area contributed by atoms with E-state index in [1.165, 1.54) is 11.1 Å². The molecule has 2 heterocycles. The van der Waals surface area contributed by atoms with E-state index in [0.717, 1.165) is 64.9 Å². The lowest BCUT2D eigenvalue weighted by Crippen LogP contribution is -2.38. The molecule has 3 rings (SSSR count). The van der Waals surface area contributed by atoms with Gasteiger partial charge in [-0.25, -0.2) is 4.99 Å². The highest BCUT2D eigenvalue weighted by Crippen LogP contribution is 2.12. The number of ether oxygens (including phenoxy) is 2. The van der Waals surface area contributed by atoms with Crippen molar-refractivity contribution in [1.29, 1.82) is 0 Å². The maximum Gasteiger partial charge on any atom is 0.191 e. The lowest BCUT2D eigenvalue weighted by molar-refractivity contribution is 0.0888. The molecule has 1 aromatic carbocycles. The number of benzene rings is 1. The van der Waals surface area contributed by atoms with E-state index in [2.05, 4.69) is 46.9 Å². The van der Waals surface area contributed by atoms with Gasteiger partial charge in [-0.15, -0.1) is 0 Å². The third-order valence-electron chi connectivity index (χ3n) is 4.79. The van der Waals surface area contributed by atoms with E-state index in [1.807, 2.05) is 16.9 Å². The van der Waals surface area contributed by atoms with Crippen molar-refractivity contribution in [2.45, 2.75) is 32.9 Å². The average molecular weight is 400 g/mol. The van der Waals surface area contributed by atoms with E-state index in [-0.39, 0.29) is 0 Å². The molecule has 7 nitrogen and oxygen atoms in total. The van der Waals surface area contributed by atoms with Gasteiger partial charge in [-0.3, -0.25) is 4.68 Å². The van der Waals surface area contributed by atoms with Crippen LogP contribution in [-0.2, 0) is 22.6 Å². The van der Waals surface area contributed by atoms with E-state index >= 15 is 0 Å². The Kier molecular flexibility index (Phi) is 9.00. The molecule has 1 saturated heterocycles. The number of guanidine groups is 1. The molecule has 1 aromatic heterocycles. The zero-order chi connectivity index (χ0) is 20.2. The molecule has 1 aliphatic rings. The van der Waals surface area contributed by atoms with E-state index in [4.69, 9.17) is 14.5 Å². The largest absolute Gasteiger partial charge is 0.381 e. The average Bonchev–Trinajstić information content (AvgIpc) is 3.43. The molecule has 0 aliphatic carbocycles. The summed E-state index contributed by atoms with van der Waals surface area (Å²) in [6, 6.07) is 10.4. The number of nitrogens with one attached hydrogen (secondary N) is 2. The second-order valence-corrected chi connectivity index (χ2v) is 7.30. The van der Waals surface area contributed by atoms with E-state index < -0.39 is 0 Å². The van der Waals surface area contributed by atoms with Crippen molar-refractivity contribution in [3.8, 4) is 0 Å². The van der Waals surface area contributed by atoms with Crippen LogP contribution >= 0.6 is 0 Å². The van der Waals surface area contributed by atoms with Gasteiger partial charge in [0, 0.05) is 44.6 Å². The number of hydrogen-bond donors (Lipinski definition) is 2. The summed E-state index contributed by atoms with van der Waals surface area (Å²) in [5.74, 6) is 1.42. The Bertz CT molecular complexity index is 727. The highest BCUT2D eigenvalue weighted by atomic mass is 16.5. The summed E-state index contributed by atoms with van der Waals surface area (Å²) < 4.78 is 13.1. The summed E-state index contributed by atoms with van der Waals surface area (Å²) in [6.07, 6.45) is 5.86. The van der Waals surface area contributed by atoms with Crippen LogP contribution in [0.3, 0.4) is 0 Å². The molecular formula is C22H33N5O2. The summed E-state index contributed by atoms with van der Waals surface area (Å²) in [6.45, 7) is 8.46. The second-order valence-electron chi connectivity index (χ2n) is 7.30. The Morgan fingerprint density at radius 3 is 3.03 bits per heavy atom. The normalized spacial score (nSPS) is 16.9. The number of hydrogen-bond acceptors (Lipinski definition) is 4. The SMILES string of the molecule is CCNC(=NCc1cccc(Cn2cccn2)c1)NCCCOCC1CCOC1. The van der Waals surface area contributed by atoms with Crippen molar-refractivity contribution in [3.05, 3.63) is 53.9 Å². The van der Waals surface area contributed by atoms with Crippen LogP contribution in [-0.4, -0.2) is 55.3 Å². The van der Waals surface area contributed by atoms with Gasteiger partial charge in [0.25, 0.3) is 0 Å². The number of nitrogens with zero attached hydrogens (tertiary/aromatic N) is 3. The summed E-state index contributed by atoms with van der Waals surface area (Å²) >= 11 is 0. The topological polar surface area (TPSA) is 72.7 Å². The minimum absolute atomic E-state index is 0.575. The van der Waals surface area contributed by atoms with Gasteiger partial charge in [0.15, 0.2) is 5.96 Å². The van der Waals surface area contributed by atoms with Crippen LogP contribution in [0.4, 0.5) is 0 Å². The van der Waals surface area contributed by atoms with Crippen molar-refractivity contribution in [1.82, 2.24) is 20.4 Å². The van der Waals surface area contributed by atoms with Crippen molar-refractivity contribution in [2.24, 2.45) is 10.9 Å². The molecule has 2 N–H and O–H groups in total. The second kappa shape index (κ2) is 12.2. The first-order valence-corrected chi connectivity index (χ1v) is 10.6. The van der Waals surface area contributed by atoms with Crippen molar-refractivity contribution < 1.29 is 9.47 Å². The predicted octanol–water partition coefficient (Wildman–Crippen LogP) is 2.43. The van der Waals surface area contributed by atoms with Gasteiger partial charge in [0.05, 0.1) is 26.3 Å². The molecule has 0 bridgehead atoms. The molecule has 0 saturated carbocycles. The Morgan fingerprint density at radius 1 is 1.31 bits per heavy atom. The van der Waals surface area contributed by atoms with Crippen LogP contribution in [0.5, 0.6) is 0 Å². The highest BCUT2D eigenvalue weighted by molar-refractivity contribution is 5.79. The highest BCUT2D eigenvalue weighted by Gasteiger charge is 2.15. The molecule has 0 spiro atoms. The quantitative estimate of drug-likeness (QED) is 0.345. The van der Waals surface area contributed by atoms with Gasteiger partial charge in [-0.05, 0) is 37.0 Å². The Balaban J connectivity index is 1.40. The number of aromatic nitrogens is 2. The maximum absolute atomic E-state index is 5.76. The number of aliphatic imine (C=N–C) groups is 1. The van der Waals surface area contributed by atoms with E-state index in [9.17, 15) is 0 Å². The van der Waals surface area contributed by atoms with E-state index in [1.54, 1.807) is 6.20 Å². The van der Waals surface area contributed by atoms with Crippen LogP contribution in [0.15, 0.2) is 47.7 Å². The lowest BCUT2D eigenvalue weighted by Gasteiger charge is -2.12. The molecule has 0 amide bonds. The fraction of sp³-hybridized carbons (Fsp3) is 0.545. The molecule has 0 radical (unpaired) electrons. The first-order chi connectivity index (χ1) is 14.3. The summed E-state index contributed by atoms with van der Waals surface area (Å²) in [7, 11) is 0. The van der Waals surface area contributed by atoms with Crippen molar-refractivity contribution >= 4 is 5.96 Å². The Labute approximate surface area is 173 Å². The van der Waals surface area contributed by atoms with Gasteiger partial charge in [0.2, 0.25) is 0 Å². The Hall–Kier alpha value is -2.38. The fourth-order valence-corrected chi connectivity index (χ4v) is 3.27. The van der Waals surface area contributed by atoms with Crippen LogP contribution in [0.25, 0.3) is 0 Å². The van der Waals surface area contributed by atoms with Crippen LogP contribution < -0.4 is 10.6 Å². The zero-order valence-corrected chi connectivity index (χ0v) is 17.3. The standard InChI is InChI=1S/C22H33N5O2/c1-2-23-22(24-9-5-12-28-17-21-8-13-29-18-21)25-15-19-6-3-7-20(14-19)16-27-11-4-10-26-27/h3-4,6-7,10-11,14,21H,2,5,8-9,12-13,15-18H2,1H3,(H2,23,24,25). The summed E-state index contributed by atoms with van der Waals surface area (Å²) in [4.78, 5) is 4.72. The Morgan fingerprint density at radius 2 is 2.24 bits per heavy atom. The predicted molar refractivity (Wildman–Crippen MR) is 115 cm³/mol. The van der Waals surface area contributed by atoms with Crippen molar-refractivity contribution in [3.63, 3.8) is 0 Å². The zero-order valence-electron chi connectivity index (χ0n) is 17.3. The monoisotopic (exact) mass is 399 g/mol. The van der Waals surface area contributed by atoms with Crippen molar-refractivity contribution in [2.75, 3.05) is 39.5 Å². The molecule has 158 valence electrons. The molecule has 1 fully saturated rings. The summed E-state index contributed by atoms with van der Waals surface area (Å²) in [5, 5.41) is 11.0. The lowest BCUT2D eigenvalue weighted by atomic mass is 10.1. The maximum atomic E-state index is 5.76. The molecule has 1 unspecified atom stereocenters. The minimum atomic E-state index is 0.575. The first-order valence-electron chi connectivity index (χ1n) is 10.6. The first kappa shape index (κ1) is 21.3. The van der Waals surface area contributed by atoms with Crippen LogP contribution in [0, 0.1) is 5.92 Å². The third-order valence-corrected chi connectivity index (χ3v) is 4.79. The molecule has 29 heavy (non-hydrogen) atoms. The van der Waals surface area contributed by atoms with Gasteiger partial charge >= 0.3 is 0 Å². The van der Waals surface area contributed by atoms with Gasteiger partial charge < -0.3 is 20.1 Å². The molecule has 1 atom stereocenters. The molecular weight excluding hydrogens is 366 g/mol. The number of rotatable bonds is 11. The van der Waals surface area contributed by atoms with Crippen LogP contribution in [0.1, 0.15) is 30.9 Å². The van der Waals surface area contributed by atoms with Crippen LogP contribution in [0.2, 0.25) is 0 Å². The molecule has 2 aromatic rings.